The Morgan fingerprint density at radius 1 is 1.57 bits per heavy atom. The second-order valence-corrected chi connectivity index (χ2v) is 3.11. The standard InChI is InChI=1S/C9H17N3O2/c1-4-5-13-6-8-11-9(14-12-8)7(2)10-3/h7,10H,4-6H2,1-3H3. The molecule has 0 aliphatic carbocycles. The molecule has 1 aromatic heterocycles. The van der Waals surface area contributed by atoms with Gasteiger partial charge in [-0.1, -0.05) is 12.1 Å². The smallest absolute Gasteiger partial charge is 0.243 e. The van der Waals surface area contributed by atoms with Crippen molar-refractivity contribution in [3.05, 3.63) is 11.7 Å². The molecular weight excluding hydrogens is 182 g/mol. The van der Waals surface area contributed by atoms with E-state index in [0.717, 1.165) is 13.0 Å². The molecule has 0 spiro atoms. The highest BCUT2D eigenvalue weighted by atomic mass is 16.5. The van der Waals surface area contributed by atoms with E-state index < -0.39 is 0 Å². The van der Waals surface area contributed by atoms with Crippen LogP contribution in [-0.4, -0.2) is 23.8 Å². The molecule has 1 N–H and O–H groups in total. The summed E-state index contributed by atoms with van der Waals surface area (Å²) in [4.78, 5) is 4.19. The number of nitrogens with one attached hydrogen (secondary N) is 1. The zero-order valence-electron chi connectivity index (χ0n) is 8.91. The minimum Gasteiger partial charge on any atom is -0.373 e. The quantitative estimate of drug-likeness (QED) is 0.699. The molecule has 1 aromatic rings. The van der Waals surface area contributed by atoms with Crippen molar-refractivity contribution < 1.29 is 9.26 Å². The number of nitrogens with zero attached hydrogens (tertiary/aromatic N) is 2. The molecule has 0 bridgehead atoms. The summed E-state index contributed by atoms with van der Waals surface area (Å²) in [6.45, 7) is 5.17. The fraction of sp³-hybridized carbons (Fsp3) is 0.778. The highest BCUT2D eigenvalue weighted by molar-refractivity contribution is 4.89. The third-order valence-corrected chi connectivity index (χ3v) is 1.87. The summed E-state index contributed by atoms with van der Waals surface area (Å²) in [6.07, 6.45) is 0.998. The van der Waals surface area contributed by atoms with Gasteiger partial charge in [-0.2, -0.15) is 4.98 Å². The molecule has 80 valence electrons. The van der Waals surface area contributed by atoms with E-state index in [2.05, 4.69) is 22.4 Å². The number of hydrogen-bond donors (Lipinski definition) is 1. The summed E-state index contributed by atoms with van der Waals surface area (Å²) in [7, 11) is 1.85. The molecule has 1 unspecified atom stereocenters. The van der Waals surface area contributed by atoms with E-state index in [4.69, 9.17) is 9.26 Å². The molecule has 0 aliphatic heterocycles. The summed E-state index contributed by atoms with van der Waals surface area (Å²) in [5.41, 5.74) is 0. The highest BCUT2D eigenvalue weighted by Gasteiger charge is 2.11. The van der Waals surface area contributed by atoms with Gasteiger partial charge in [-0.15, -0.1) is 0 Å². The number of ether oxygens (including phenoxy) is 1. The Kier molecular flexibility index (Phi) is 4.55. The lowest BCUT2D eigenvalue weighted by Crippen LogP contribution is -2.12. The van der Waals surface area contributed by atoms with E-state index in [1.54, 1.807) is 0 Å². The third kappa shape index (κ3) is 3.08. The van der Waals surface area contributed by atoms with Crippen LogP contribution in [0, 0.1) is 0 Å². The molecule has 0 radical (unpaired) electrons. The van der Waals surface area contributed by atoms with Crippen molar-refractivity contribution in [3.63, 3.8) is 0 Å². The lowest BCUT2D eigenvalue weighted by molar-refractivity contribution is 0.114. The van der Waals surface area contributed by atoms with Gasteiger partial charge >= 0.3 is 0 Å². The minimum atomic E-state index is 0.0856. The van der Waals surface area contributed by atoms with Crippen LogP contribution in [-0.2, 0) is 11.3 Å². The minimum absolute atomic E-state index is 0.0856. The van der Waals surface area contributed by atoms with Gasteiger partial charge in [-0.25, -0.2) is 0 Å². The maximum atomic E-state index is 5.29. The van der Waals surface area contributed by atoms with E-state index in [0.29, 0.717) is 18.3 Å². The van der Waals surface area contributed by atoms with Gasteiger partial charge in [0.1, 0.15) is 6.61 Å². The summed E-state index contributed by atoms with van der Waals surface area (Å²) in [5.74, 6) is 1.21. The number of rotatable bonds is 6. The first-order chi connectivity index (χ1) is 6.77. The summed E-state index contributed by atoms with van der Waals surface area (Å²) < 4.78 is 10.3. The van der Waals surface area contributed by atoms with Crippen molar-refractivity contribution in [1.82, 2.24) is 15.5 Å². The van der Waals surface area contributed by atoms with Crippen molar-refractivity contribution in [1.29, 1.82) is 0 Å². The Hall–Kier alpha value is -0.940. The monoisotopic (exact) mass is 199 g/mol. The third-order valence-electron chi connectivity index (χ3n) is 1.87. The topological polar surface area (TPSA) is 60.2 Å². The van der Waals surface area contributed by atoms with Gasteiger partial charge < -0.3 is 14.6 Å². The molecule has 0 fully saturated rings. The van der Waals surface area contributed by atoms with Crippen LogP contribution in [0.5, 0.6) is 0 Å². The van der Waals surface area contributed by atoms with Crippen molar-refractivity contribution >= 4 is 0 Å². The fourth-order valence-corrected chi connectivity index (χ4v) is 0.933. The molecule has 0 aromatic carbocycles. The molecular formula is C9H17N3O2. The maximum absolute atomic E-state index is 5.29. The lowest BCUT2D eigenvalue weighted by atomic mass is 10.3. The highest BCUT2D eigenvalue weighted by Crippen LogP contribution is 2.08. The Morgan fingerprint density at radius 3 is 3.00 bits per heavy atom. The Balaban J connectivity index is 2.42. The summed E-state index contributed by atoms with van der Waals surface area (Å²) in [6, 6.07) is 0.0856. The molecule has 5 heteroatoms. The Morgan fingerprint density at radius 2 is 2.36 bits per heavy atom. The van der Waals surface area contributed by atoms with Crippen molar-refractivity contribution in [2.24, 2.45) is 0 Å². The molecule has 0 saturated heterocycles. The van der Waals surface area contributed by atoms with Crippen LogP contribution < -0.4 is 5.32 Å². The summed E-state index contributed by atoms with van der Waals surface area (Å²) in [5, 5.41) is 6.83. The SMILES string of the molecule is CCCOCc1noc(C(C)NC)n1. The fourth-order valence-electron chi connectivity index (χ4n) is 0.933. The van der Waals surface area contributed by atoms with Gasteiger partial charge in [-0.05, 0) is 20.4 Å². The van der Waals surface area contributed by atoms with Gasteiger partial charge in [0.25, 0.3) is 0 Å². The van der Waals surface area contributed by atoms with Crippen LogP contribution in [0.1, 0.15) is 38.0 Å². The number of hydrogen-bond acceptors (Lipinski definition) is 5. The molecule has 1 atom stereocenters. The van der Waals surface area contributed by atoms with E-state index in [9.17, 15) is 0 Å². The van der Waals surface area contributed by atoms with E-state index in [-0.39, 0.29) is 6.04 Å². The number of aromatic nitrogens is 2. The van der Waals surface area contributed by atoms with Crippen molar-refractivity contribution in [3.8, 4) is 0 Å². The molecule has 0 aliphatic rings. The first-order valence-corrected chi connectivity index (χ1v) is 4.85. The van der Waals surface area contributed by atoms with Gasteiger partial charge in [0.15, 0.2) is 5.82 Å². The largest absolute Gasteiger partial charge is 0.373 e. The van der Waals surface area contributed by atoms with E-state index in [1.807, 2.05) is 14.0 Å². The van der Waals surface area contributed by atoms with Crippen molar-refractivity contribution in [2.45, 2.75) is 32.9 Å². The zero-order chi connectivity index (χ0) is 10.4. The van der Waals surface area contributed by atoms with Gasteiger partial charge in [-0.3, -0.25) is 0 Å². The zero-order valence-corrected chi connectivity index (χ0v) is 8.91. The van der Waals surface area contributed by atoms with Gasteiger partial charge in [0.05, 0.1) is 6.04 Å². The normalized spacial score (nSPS) is 13.1. The first-order valence-electron chi connectivity index (χ1n) is 4.85. The Labute approximate surface area is 83.8 Å². The van der Waals surface area contributed by atoms with Crippen LogP contribution in [0.25, 0.3) is 0 Å². The maximum Gasteiger partial charge on any atom is 0.243 e. The van der Waals surface area contributed by atoms with Crippen LogP contribution in [0.15, 0.2) is 4.52 Å². The lowest BCUT2D eigenvalue weighted by Gasteiger charge is -2.01. The molecule has 0 saturated carbocycles. The molecule has 0 amide bonds. The molecule has 14 heavy (non-hydrogen) atoms. The molecule has 5 nitrogen and oxygen atoms in total. The summed E-state index contributed by atoms with van der Waals surface area (Å²) >= 11 is 0. The van der Waals surface area contributed by atoms with Gasteiger partial charge in [0, 0.05) is 6.61 Å². The second kappa shape index (κ2) is 5.72. The average Bonchev–Trinajstić information content (AvgIpc) is 2.66. The second-order valence-electron chi connectivity index (χ2n) is 3.11. The average molecular weight is 199 g/mol. The predicted octanol–water partition coefficient (Wildman–Crippen LogP) is 1.28. The van der Waals surface area contributed by atoms with Crippen LogP contribution in [0.4, 0.5) is 0 Å². The van der Waals surface area contributed by atoms with Crippen molar-refractivity contribution in [2.75, 3.05) is 13.7 Å². The van der Waals surface area contributed by atoms with E-state index in [1.165, 1.54) is 0 Å². The van der Waals surface area contributed by atoms with Crippen LogP contribution in [0.3, 0.4) is 0 Å². The first kappa shape index (κ1) is 11.1. The molecule has 1 heterocycles. The van der Waals surface area contributed by atoms with Crippen LogP contribution in [0.2, 0.25) is 0 Å². The van der Waals surface area contributed by atoms with E-state index >= 15 is 0 Å². The van der Waals surface area contributed by atoms with Crippen LogP contribution >= 0.6 is 0 Å². The Bertz CT molecular complexity index is 262. The molecule has 1 rings (SSSR count). The van der Waals surface area contributed by atoms with Gasteiger partial charge in [0.2, 0.25) is 5.89 Å². The predicted molar refractivity (Wildman–Crippen MR) is 51.7 cm³/mol.